The molecule has 2 rings (SSSR count). The van der Waals surface area contributed by atoms with Gasteiger partial charge in [0.25, 0.3) is 5.69 Å². The van der Waals surface area contributed by atoms with Gasteiger partial charge in [-0.15, -0.1) is 0 Å². The van der Waals surface area contributed by atoms with E-state index in [1.54, 1.807) is 19.1 Å². The molecular formula is C15H21N3O3. The Morgan fingerprint density at radius 1 is 1.29 bits per heavy atom. The van der Waals surface area contributed by atoms with Crippen LogP contribution in [0.5, 0.6) is 0 Å². The maximum absolute atomic E-state index is 11.2. The minimum atomic E-state index is -0.357. The Bertz CT molecular complexity index is 511. The van der Waals surface area contributed by atoms with Crippen molar-refractivity contribution < 1.29 is 9.72 Å². The van der Waals surface area contributed by atoms with Crippen LogP contribution in [0, 0.1) is 10.1 Å². The molecule has 1 amide bonds. The van der Waals surface area contributed by atoms with E-state index in [1.165, 1.54) is 6.07 Å². The number of nitrogens with zero attached hydrogens (tertiary/aromatic N) is 3. The number of rotatable bonds is 5. The average Bonchev–Trinajstić information content (AvgIpc) is 2.48. The van der Waals surface area contributed by atoms with Crippen LogP contribution in [-0.2, 0) is 11.2 Å². The van der Waals surface area contributed by atoms with Crippen molar-refractivity contribution in [1.82, 2.24) is 9.80 Å². The van der Waals surface area contributed by atoms with Gasteiger partial charge in [0.1, 0.15) is 0 Å². The van der Waals surface area contributed by atoms with Gasteiger partial charge in [-0.2, -0.15) is 0 Å². The fraction of sp³-hybridized carbons (Fsp3) is 0.533. The number of carbonyl (C=O) groups excluding carboxylic acids is 1. The highest BCUT2D eigenvalue weighted by molar-refractivity contribution is 5.73. The lowest BCUT2D eigenvalue weighted by Gasteiger charge is -2.34. The van der Waals surface area contributed by atoms with E-state index in [0.717, 1.165) is 51.1 Å². The van der Waals surface area contributed by atoms with E-state index in [2.05, 4.69) is 4.90 Å². The van der Waals surface area contributed by atoms with Crippen molar-refractivity contribution in [3.63, 3.8) is 0 Å². The molecule has 114 valence electrons. The van der Waals surface area contributed by atoms with Gasteiger partial charge in [0.2, 0.25) is 5.91 Å². The lowest BCUT2D eigenvalue weighted by Crippen LogP contribution is -2.48. The molecule has 1 aromatic rings. The summed E-state index contributed by atoms with van der Waals surface area (Å²) >= 11 is 0. The first-order valence-corrected chi connectivity index (χ1v) is 7.27. The third kappa shape index (κ3) is 4.53. The third-order valence-corrected chi connectivity index (χ3v) is 3.88. The Kier molecular flexibility index (Phi) is 5.27. The van der Waals surface area contributed by atoms with E-state index in [4.69, 9.17) is 0 Å². The van der Waals surface area contributed by atoms with Gasteiger partial charge in [0.15, 0.2) is 0 Å². The minimum Gasteiger partial charge on any atom is -0.340 e. The number of nitro groups is 1. The normalized spacial score (nSPS) is 16.0. The highest BCUT2D eigenvalue weighted by atomic mass is 16.6. The Balaban J connectivity index is 1.74. The molecule has 0 bridgehead atoms. The molecule has 0 aliphatic carbocycles. The molecule has 0 saturated carbocycles. The fourth-order valence-corrected chi connectivity index (χ4v) is 2.62. The molecule has 0 atom stereocenters. The smallest absolute Gasteiger partial charge is 0.269 e. The summed E-state index contributed by atoms with van der Waals surface area (Å²) in [6.07, 6.45) is 1.82. The lowest BCUT2D eigenvalue weighted by molar-refractivity contribution is -0.384. The van der Waals surface area contributed by atoms with Gasteiger partial charge in [-0.1, -0.05) is 12.1 Å². The standard InChI is InChI=1S/C15H21N3O3/c1-13(19)17-10-8-16(9-11-17)7-3-5-14-4-2-6-15(12-14)18(20)21/h2,4,6,12H,3,5,7-11H2,1H3. The van der Waals surface area contributed by atoms with E-state index < -0.39 is 0 Å². The van der Waals surface area contributed by atoms with Gasteiger partial charge in [0.05, 0.1) is 4.92 Å². The number of aryl methyl sites for hydroxylation is 1. The van der Waals surface area contributed by atoms with Gasteiger partial charge in [-0.25, -0.2) is 0 Å². The topological polar surface area (TPSA) is 66.7 Å². The number of amides is 1. The number of carbonyl (C=O) groups is 1. The number of nitro benzene ring substituents is 1. The van der Waals surface area contributed by atoms with Crippen molar-refractivity contribution in [3.05, 3.63) is 39.9 Å². The summed E-state index contributed by atoms with van der Waals surface area (Å²) < 4.78 is 0. The second-order valence-corrected chi connectivity index (χ2v) is 5.38. The molecule has 0 radical (unpaired) electrons. The average molecular weight is 291 g/mol. The molecular weight excluding hydrogens is 270 g/mol. The number of hydrogen-bond donors (Lipinski definition) is 0. The monoisotopic (exact) mass is 291 g/mol. The number of piperazine rings is 1. The summed E-state index contributed by atoms with van der Waals surface area (Å²) in [5.41, 5.74) is 1.16. The molecule has 1 fully saturated rings. The molecule has 21 heavy (non-hydrogen) atoms. The van der Waals surface area contributed by atoms with E-state index in [0.29, 0.717) is 0 Å². The van der Waals surface area contributed by atoms with Gasteiger partial charge < -0.3 is 4.90 Å². The van der Waals surface area contributed by atoms with Crippen LogP contribution < -0.4 is 0 Å². The van der Waals surface area contributed by atoms with Crippen LogP contribution in [0.1, 0.15) is 18.9 Å². The zero-order valence-electron chi connectivity index (χ0n) is 12.3. The number of hydrogen-bond acceptors (Lipinski definition) is 4. The van der Waals surface area contributed by atoms with E-state index in [-0.39, 0.29) is 16.5 Å². The highest BCUT2D eigenvalue weighted by Gasteiger charge is 2.17. The molecule has 0 unspecified atom stereocenters. The summed E-state index contributed by atoms with van der Waals surface area (Å²) in [4.78, 5) is 25.8. The maximum Gasteiger partial charge on any atom is 0.269 e. The molecule has 0 aromatic heterocycles. The van der Waals surface area contributed by atoms with Crippen molar-refractivity contribution >= 4 is 11.6 Å². The fourth-order valence-electron chi connectivity index (χ4n) is 2.62. The van der Waals surface area contributed by atoms with Crippen LogP contribution in [0.15, 0.2) is 24.3 Å². The van der Waals surface area contributed by atoms with Gasteiger partial charge in [-0.05, 0) is 24.9 Å². The first-order valence-electron chi connectivity index (χ1n) is 7.27. The van der Waals surface area contributed by atoms with Crippen molar-refractivity contribution in [2.75, 3.05) is 32.7 Å². The van der Waals surface area contributed by atoms with E-state index >= 15 is 0 Å². The van der Waals surface area contributed by atoms with Crippen LogP contribution in [0.25, 0.3) is 0 Å². The third-order valence-electron chi connectivity index (χ3n) is 3.88. The Morgan fingerprint density at radius 3 is 2.62 bits per heavy atom. The van der Waals surface area contributed by atoms with Crippen molar-refractivity contribution in [1.29, 1.82) is 0 Å². The lowest BCUT2D eigenvalue weighted by atomic mass is 10.1. The molecule has 1 heterocycles. The molecule has 1 aliphatic heterocycles. The highest BCUT2D eigenvalue weighted by Crippen LogP contribution is 2.14. The quantitative estimate of drug-likeness (QED) is 0.611. The first kappa shape index (κ1) is 15.4. The van der Waals surface area contributed by atoms with Gasteiger partial charge in [0, 0.05) is 45.2 Å². The summed E-state index contributed by atoms with van der Waals surface area (Å²) in [5, 5.41) is 10.7. The maximum atomic E-state index is 11.2. The molecule has 1 aromatic carbocycles. The SMILES string of the molecule is CC(=O)N1CCN(CCCc2cccc([N+](=O)[O-])c2)CC1. The zero-order chi connectivity index (χ0) is 15.2. The predicted octanol–water partition coefficient (Wildman–Crippen LogP) is 1.69. The van der Waals surface area contributed by atoms with Crippen LogP contribution in [0.2, 0.25) is 0 Å². The van der Waals surface area contributed by atoms with E-state index in [1.807, 2.05) is 11.0 Å². The minimum absolute atomic E-state index is 0.145. The second-order valence-electron chi connectivity index (χ2n) is 5.38. The van der Waals surface area contributed by atoms with Crippen LogP contribution >= 0.6 is 0 Å². The largest absolute Gasteiger partial charge is 0.340 e. The summed E-state index contributed by atoms with van der Waals surface area (Å²) in [6, 6.07) is 6.83. The number of benzene rings is 1. The summed E-state index contributed by atoms with van der Waals surface area (Å²) in [5.74, 6) is 0.145. The molecule has 1 saturated heterocycles. The second kappa shape index (κ2) is 7.17. The van der Waals surface area contributed by atoms with Gasteiger partial charge >= 0.3 is 0 Å². The van der Waals surface area contributed by atoms with Crippen LogP contribution in [-0.4, -0.2) is 53.4 Å². The van der Waals surface area contributed by atoms with Crippen molar-refractivity contribution in [2.45, 2.75) is 19.8 Å². The van der Waals surface area contributed by atoms with Crippen molar-refractivity contribution in [3.8, 4) is 0 Å². The Hall–Kier alpha value is -1.95. The number of non-ortho nitro benzene ring substituents is 1. The Morgan fingerprint density at radius 2 is 2.00 bits per heavy atom. The molecule has 6 heteroatoms. The molecule has 0 spiro atoms. The van der Waals surface area contributed by atoms with E-state index in [9.17, 15) is 14.9 Å². The summed E-state index contributed by atoms with van der Waals surface area (Å²) in [6.45, 7) is 5.99. The van der Waals surface area contributed by atoms with Crippen molar-refractivity contribution in [2.24, 2.45) is 0 Å². The first-order chi connectivity index (χ1) is 10.1. The zero-order valence-corrected chi connectivity index (χ0v) is 12.3. The predicted molar refractivity (Wildman–Crippen MR) is 80.1 cm³/mol. The van der Waals surface area contributed by atoms with Crippen LogP contribution in [0.3, 0.4) is 0 Å². The molecule has 0 N–H and O–H groups in total. The van der Waals surface area contributed by atoms with Crippen LogP contribution in [0.4, 0.5) is 5.69 Å². The molecule has 1 aliphatic rings. The van der Waals surface area contributed by atoms with Gasteiger partial charge in [-0.3, -0.25) is 19.8 Å². The molecule has 6 nitrogen and oxygen atoms in total. The Labute approximate surface area is 124 Å². The summed E-state index contributed by atoms with van der Waals surface area (Å²) in [7, 11) is 0.